The van der Waals surface area contributed by atoms with Crippen molar-refractivity contribution in [2.45, 2.75) is 64.8 Å². The number of rotatable bonds is 6. The Bertz CT molecular complexity index is 425. The molecule has 1 N–H and O–H groups in total. The summed E-state index contributed by atoms with van der Waals surface area (Å²) in [6, 6.07) is 0. The summed E-state index contributed by atoms with van der Waals surface area (Å²) >= 11 is 0. The van der Waals surface area contributed by atoms with Crippen LogP contribution in [0.25, 0.3) is 0 Å². The van der Waals surface area contributed by atoms with Crippen molar-refractivity contribution in [2.24, 2.45) is 11.8 Å². The standard InChI is InChI=1S/C14H24N4O2/c1-11(8-14(19)20)10-18-13(15-16-17-18)9-12-6-4-2-3-5-7-12/h11-12H,2-10H2,1H3,(H,19,20). The first-order valence-corrected chi connectivity index (χ1v) is 7.62. The highest BCUT2D eigenvalue weighted by Gasteiger charge is 2.18. The molecule has 0 radical (unpaired) electrons. The molecule has 0 bridgehead atoms. The van der Waals surface area contributed by atoms with Crippen molar-refractivity contribution in [2.75, 3.05) is 0 Å². The first kappa shape index (κ1) is 14.9. The second-order valence-electron chi connectivity index (χ2n) is 6.04. The van der Waals surface area contributed by atoms with Gasteiger partial charge in [-0.1, -0.05) is 45.4 Å². The van der Waals surface area contributed by atoms with E-state index in [4.69, 9.17) is 5.11 Å². The number of carbonyl (C=O) groups is 1. The van der Waals surface area contributed by atoms with Gasteiger partial charge in [0.05, 0.1) is 0 Å². The van der Waals surface area contributed by atoms with Crippen molar-refractivity contribution in [1.82, 2.24) is 20.2 Å². The molecule has 0 aliphatic heterocycles. The van der Waals surface area contributed by atoms with E-state index in [0.717, 1.165) is 12.2 Å². The summed E-state index contributed by atoms with van der Waals surface area (Å²) in [6.45, 7) is 2.51. The molecule has 1 aromatic heterocycles. The van der Waals surface area contributed by atoms with Crippen LogP contribution in [0.4, 0.5) is 0 Å². The summed E-state index contributed by atoms with van der Waals surface area (Å²) in [6.07, 6.45) is 8.90. The van der Waals surface area contributed by atoms with Crippen LogP contribution in [-0.4, -0.2) is 31.3 Å². The normalized spacial score (nSPS) is 18.6. The summed E-state index contributed by atoms with van der Waals surface area (Å²) in [4.78, 5) is 10.7. The van der Waals surface area contributed by atoms with E-state index < -0.39 is 5.97 Å². The van der Waals surface area contributed by atoms with E-state index in [1.54, 1.807) is 4.68 Å². The highest BCUT2D eigenvalue weighted by molar-refractivity contribution is 5.66. The molecule has 0 amide bonds. The van der Waals surface area contributed by atoms with Gasteiger partial charge in [-0.15, -0.1) is 5.10 Å². The molecule has 0 spiro atoms. The molecule has 6 heteroatoms. The third-order valence-electron chi connectivity index (χ3n) is 4.06. The van der Waals surface area contributed by atoms with Gasteiger partial charge in [-0.25, -0.2) is 4.68 Å². The molecule has 1 unspecified atom stereocenters. The highest BCUT2D eigenvalue weighted by atomic mass is 16.4. The van der Waals surface area contributed by atoms with E-state index in [9.17, 15) is 4.79 Å². The first-order valence-electron chi connectivity index (χ1n) is 7.62. The molecule has 1 aliphatic carbocycles. The minimum atomic E-state index is -0.768. The molecule has 0 aromatic carbocycles. The van der Waals surface area contributed by atoms with Crippen LogP contribution in [0.2, 0.25) is 0 Å². The van der Waals surface area contributed by atoms with E-state index in [1.807, 2.05) is 6.92 Å². The molecule has 112 valence electrons. The van der Waals surface area contributed by atoms with Crippen molar-refractivity contribution < 1.29 is 9.90 Å². The lowest BCUT2D eigenvalue weighted by Crippen LogP contribution is -2.17. The van der Waals surface area contributed by atoms with Crippen LogP contribution in [0.5, 0.6) is 0 Å². The zero-order chi connectivity index (χ0) is 14.4. The second kappa shape index (κ2) is 7.36. The van der Waals surface area contributed by atoms with Crippen molar-refractivity contribution in [1.29, 1.82) is 0 Å². The molecule has 0 saturated heterocycles. The Morgan fingerprint density at radius 2 is 2.05 bits per heavy atom. The fourth-order valence-electron chi connectivity index (χ4n) is 3.00. The quantitative estimate of drug-likeness (QED) is 0.809. The third-order valence-corrected chi connectivity index (χ3v) is 4.06. The molecular weight excluding hydrogens is 256 g/mol. The van der Waals surface area contributed by atoms with Gasteiger partial charge in [0.1, 0.15) is 0 Å². The zero-order valence-corrected chi connectivity index (χ0v) is 12.2. The smallest absolute Gasteiger partial charge is 0.303 e. The van der Waals surface area contributed by atoms with Gasteiger partial charge < -0.3 is 5.11 Å². The lowest BCUT2D eigenvalue weighted by atomic mass is 9.96. The molecule has 20 heavy (non-hydrogen) atoms. The van der Waals surface area contributed by atoms with E-state index in [2.05, 4.69) is 15.5 Å². The predicted octanol–water partition coefficient (Wildman–Crippen LogP) is 2.30. The molecule has 1 saturated carbocycles. The van der Waals surface area contributed by atoms with Gasteiger partial charge in [-0.2, -0.15) is 0 Å². The van der Waals surface area contributed by atoms with Gasteiger partial charge in [0, 0.05) is 19.4 Å². The molecule has 1 fully saturated rings. The zero-order valence-electron chi connectivity index (χ0n) is 12.2. The number of carboxylic acid groups (broad SMARTS) is 1. The number of carboxylic acids is 1. The topological polar surface area (TPSA) is 80.9 Å². The summed E-state index contributed by atoms with van der Waals surface area (Å²) in [5, 5.41) is 20.7. The second-order valence-corrected chi connectivity index (χ2v) is 6.04. The van der Waals surface area contributed by atoms with Crippen LogP contribution in [0, 0.1) is 11.8 Å². The van der Waals surface area contributed by atoms with Gasteiger partial charge >= 0.3 is 5.97 Å². The number of tetrazole rings is 1. The molecule has 1 aliphatic rings. The van der Waals surface area contributed by atoms with E-state index in [1.165, 1.54) is 38.5 Å². The van der Waals surface area contributed by atoms with Crippen LogP contribution in [0.3, 0.4) is 0 Å². The van der Waals surface area contributed by atoms with Gasteiger partial charge in [-0.05, 0) is 22.3 Å². The molecular formula is C14H24N4O2. The minimum Gasteiger partial charge on any atom is -0.481 e. The summed E-state index contributed by atoms with van der Waals surface area (Å²) < 4.78 is 1.79. The number of hydrogen-bond donors (Lipinski definition) is 1. The lowest BCUT2D eigenvalue weighted by Gasteiger charge is -2.14. The highest BCUT2D eigenvalue weighted by Crippen LogP contribution is 2.25. The number of aromatic nitrogens is 4. The van der Waals surface area contributed by atoms with Gasteiger partial charge in [-0.3, -0.25) is 4.79 Å². The molecule has 6 nitrogen and oxygen atoms in total. The molecule has 2 rings (SSSR count). The average molecular weight is 280 g/mol. The van der Waals surface area contributed by atoms with Gasteiger partial charge in [0.25, 0.3) is 0 Å². The van der Waals surface area contributed by atoms with E-state index in [0.29, 0.717) is 12.5 Å². The number of hydrogen-bond acceptors (Lipinski definition) is 4. The summed E-state index contributed by atoms with van der Waals surface area (Å²) in [5.41, 5.74) is 0. The molecule has 1 aromatic rings. The van der Waals surface area contributed by atoms with Crippen LogP contribution in [0.1, 0.15) is 57.7 Å². The third kappa shape index (κ3) is 4.58. The van der Waals surface area contributed by atoms with E-state index in [-0.39, 0.29) is 12.3 Å². The van der Waals surface area contributed by atoms with E-state index >= 15 is 0 Å². The Morgan fingerprint density at radius 1 is 1.35 bits per heavy atom. The lowest BCUT2D eigenvalue weighted by molar-refractivity contribution is -0.138. The Hall–Kier alpha value is -1.46. The van der Waals surface area contributed by atoms with Crippen LogP contribution < -0.4 is 0 Å². The monoisotopic (exact) mass is 280 g/mol. The predicted molar refractivity (Wildman–Crippen MR) is 74.1 cm³/mol. The van der Waals surface area contributed by atoms with Crippen LogP contribution in [0.15, 0.2) is 0 Å². The van der Waals surface area contributed by atoms with Crippen molar-refractivity contribution in [3.05, 3.63) is 5.82 Å². The van der Waals surface area contributed by atoms with Crippen LogP contribution >= 0.6 is 0 Å². The Morgan fingerprint density at radius 3 is 2.70 bits per heavy atom. The Balaban J connectivity index is 1.91. The maximum Gasteiger partial charge on any atom is 0.303 e. The number of nitrogens with zero attached hydrogens (tertiary/aromatic N) is 4. The van der Waals surface area contributed by atoms with Gasteiger partial charge in [0.15, 0.2) is 5.82 Å². The maximum atomic E-state index is 10.7. The summed E-state index contributed by atoms with van der Waals surface area (Å²) in [7, 11) is 0. The fraction of sp³-hybridized carbons (Fsp3) is 0.857. The molecule has 1 heterocycles. The van der Waals surface area contributed by atoms with Crippen molar-refractivity contribution in [3.63, 3.8) is 0 Å². The van der Waals surface area contributed by atoms with Crippen molar-refractivity contribution in [3.8, 4) is 0 Å². The largest absolute Gasteiger partial charge is 0.481 e. The van der Waals surface area contributed by atoms with Crippen molar-refractivity contribution >= 4 is 5.97 Å². The minimum absolute atomic E-state index is 0.0453. The van der Waals surface area contributed by atoms with Gasteiger partial charge in [0.2, 0.25) is 0 Å². The maximum absolute atomic E-state index is 10.7. The Kier molecular flexibility index (Phi) is 5.49. The molecule has 1 atom stereocenters. The Labute approximate surface area is 119 Å². The average Bonchev–Trinajstić information content (AvgIpc) is 2.64. The first-order chi connectivity index (χ1) is 9.65. The van der Waals surface area contributed by atoms with Crippen LogP contribution in [-0.2, 0) is 17.8 Å². The number of aliphatic carboxylic acids is 1. The SMILES string of the molecule is CC(CC(=O)O)Cn1nnnc1CC1CCCCCC1. The fourth-order valence-corrected chi connectivity index (χ4v) is 3.00. The summed E-state index contributed by atoms with van der Waals surface area (Å²) in [5.74, 6) is 0.867.